The molecule has 1 amide bonds. The largest absolute Gasteiger partial charge is 0.447 e. The van der Waals surface area contributed by atoms with Gasteiger partial charge in [-0.2, -0.15) is 0 Å². The van der Waals surface area contributed by atoms with Crippen LogP contribution in [0.1, 0.15) is 36.4 Å². The number of rotatable bonds is 7. The molecule has 1 N–H and O–H groups in total. The zero-order chi connectivity index (χ0) is 26.6. The van der Waals surface area contributed by atoms with Gasteiger partial charge in [0, 0.05) is 36.3 Å². The van der Waals surface area contributed by atoms with E-state index in [9.17, 15) is 14.0 Å². The molecule has 0 radical (unpaired) electrons. The number of imidazole rings is 1. The molecule has 5 rings (SSSR count). The van der Waals surface area contributed by atoms with Crippen LogP contribution in [0.3, 0.4) is 0 Å². The monoisotopic (exact) mass is 512 g/mol. The Morgan fingerprint density at radius 3 is 2.39 bits per heavy atom. The lowest BCUT2D eigenvalue weighted by Gasteiger charge is -2.31. The molecule has 0 spiro atoms. The van der Waals surface area contributed by atoms with Gasteiger partial charge in [0.15, 0.2) is 0 Å². The molecule has 4 aromatic rings. The number of hydrogen-bond acceptors (Lipinski definition) is 5. The number of benzene rings is 3. The Morgan fingerprint density at radius 1 is 1.00 bits per heavy atom. The molecule has 0 aliphatic carbocycles. The molecule has 0 saturated heterocycles. The van der Waals surface area contributed by atoms with Gasteiger partial charge in [-0.25, -0.2) is 9.37 Å². The Labute approximate surface area is 220 Å². The minimum Gasteiger partial charge on any atom is -0.447 e. The molecule has 1 unspecified atom stereocenters. The zero-order valence-corrected chi connectivity index (χ0v) is 21.4. The number of aryl methyl sites for hydroxylation is 1. The molecule has 0 bridgehead atoms. The van der Waals surface area contributed by atoms with Gasteiger partial charge in [0.05, 0.1) is 6.54 Å². The summed E-state index contributed by atoms with van der Waals surface area (Å²) in [5.41, 5.74) is 4.11. The summed E-state index contributed by atoms with van der Waals surface area (Å²) in [6.07, 6.45) is -0.845. The Kier molecular flexibility index (Phi) is 7.22. The summed E-state index contributed by atoms with van der Waals surface area (Å²) >= 11 is 0. The molecule has 0 saturated carbocycles. The number of nitrogens with zero attached hydrogens (tertiary/aromatic N) is 3. The molecule has 1 aliphatic rings. The third kappa shape index (κ3) is 5.29. The first-order valence-corrected chi connectivity index (χ1v) is 12.6. The van der Waals surface area contributed by atoms with E-state index in [1.165, 1.54) is 12.1 Å². The van der Waals surface area contributed by atoms with Crippen molar-refractivity contribution in [3.05, 3.63) is 102 Å². The van der Waals surface area contributed by atoms with Crippen LogP contribution in [0.2, 0.25) is 0 Å². The summed E-state index contributed by atoms with van der Waals surface area (Å²) in [6.45, 7) is 4.88. The van der Waals surface area contributed by atoms with Crippen molar-refractivity contribution >= 4 is 23.4 Å². The number of fused-ring (bicyclic) bond motifs is 1. The molecular formula is C30H29FN4O3. The van der Waals surface area contributed by atoms with Gasteiger partial charge in [-0.1, -0.05) is 55.0 Å². The van der Waals surface area contributed by atoms with Crippen LogP contribution in [0.15, 0.2) is 78.9 Å². The zero-order valence-electron chi connectivity index (χ0n) is 21.4. The van der Waals surface area contributed by atoms with Crippen molar-refractivity contribution in [1.29, 1.82) is 0 Å². The number of esters is 1. The number of anilines is 2. The summed E-state index contributed by atoms with van der Waals surface area (Å²) in [4.78, 5) is 32.4. The molecule has 8 heteroatoms. The van der Waals surface area contributed by atoms with Crippen LogP contribution in [0.5, 0.6) is 0 Å². The van der Waals surface area contributed by atoms with Crippen LogP contribution in [0.4, 0.5) is 15.9 Å². The van der Waals surface area contributed by atoms with Crippen molar-refractivity contribution in [1.82, 2.24) is 14.5 Å². The number of amides is 1. The van der Waals surface area contributed by atoms with E-state index >= 15 is 0 Å². The van der Waals surface area contributed by atoms with E-state index in [0.717, 1.165) is 22.6 Å². The Hall–Kier alpha value is -4.46. The molecule has 38 heavy (non-hydrogen) atoms. The predicted octanol–water partition coefficient (Wildman–Crippen LogP) is 5.78. The summed E-state index contributed by atoms with van der Waals surface area (Å²) in [5.74, 6) is 0.417. The summed E-state index contributed by atoms with van der Waals surface area (Å²) in [5, 5.41) is 3.48. The van der Waals surface area contributed by atoms with Crippen LogP contribution in [0, 0.1) is 12.7 Å². The average molecular weight is 513 g/mol. The maximum Gasteiger partial charge on any atom is 0.306 e. The first-order chi connectivity index (χ1) is 18.4. The van der Waals surface area contributed by atoms with E-state index in [2.05, 4.69) is 9.88 Å². The molecule has 1 atom stereocenters. The third-order valence-corrected chi connectivity index (χ3v) is 6.58. The highest BCUT2D eigenvalue weighted by molar-refractivity contribution is 5.85. The predicted molar refractivity (Wildman–Crippen MR) is 143 cm³/mol. The van der Waals surface area contributed by atoms with Crippen LogP contribution in [-0.2, 0) is 27.4 Å². The summed E-state index contributed by atoms with van der Waals surface area (Å²) < 4.78 is 21.3. The number of carbonyl (C=O) groups is 2. The molecule has 0 fully saturated rings. The number of nitrogens with one attached hydrogen (secondary N) is 1. The topological polar surface area (TPSA) is 76.5 Å². The highest BCUT2D eigenvalue weighted by Crippen LogP contribution is 2.34. The van der Waals surface area contributed by atoms with Crippen molar-refractivity contribution in [3.63, 3.8) is 0 Å². The first kappa shape index (κ1) is 25.2. The summed E-state index contributed by atoms with van der Waals surface area (Å²) in [6, 6.07) is 23.3. The Morgan fingerprint density at radius 2 is 1.71 bits per heavy atom. The smallest absolute Gasteiger partial charge is 0.306 e. The van der Waals surface area contributed by atoms with Gasteiger partial charge in [-0.05, 0) is 43.3 Å². The molecule has 1 aliphatic heterocycles. The highest BCUT2D eigenvalue weighted by atomic mass is 19.1. The maximum absolute atomic E-state index is 13.7. The van der Waals surface area contributed by atoms with Crippen molar-refractivity contribution in [2.24, 2.45) is 0 Å². The lowest BCUT2D eigenvalue weighted by atomic mass is 10.1. The van der Waals surface area contributed by atoms with Crippen LogP contribution < -0.4 is 5.32 Å². The molecule has 7 nitrogen and oxygen atoms in total. The molecule has 194 valence electrons. The minimum absolute atomic E-state index is 0.177. The van der Waals surface area contributed by atoms with Gasteiger partial charge in [-0.3, -0.25) is 9.59 Å². The van der Waals surface area contributed by atoms with Crippen molar-refractivity contribution in [2.75, 3.05) is 11.9 Å². The number of carbonyl (C=O) groups excluding carboxylic acids is 2. The average Bonchev–Trinajstić information content (AvgIpc) is 3.30. The van der Waals surface area contributed by atoms with Crippen molar-refractivity contribution < 1.29 is 18.7 Å². The molecule has 3 aromatic carbocycles. The third-order valence-electron chi connectivity index (χ3n) is 6.58. The van der Waals surface area contributed by atoms with E-state index in [1.807, 2.05) is 49.4 Å². The maximum atomic E-state index is 13.7. The second-order valence-electron chi connectivity index (χ2n) is 9.27. The van der Waals surface area contributed by atoms with Crippen LogP contribution >= 0.6 is 0 Å². The number of aromatic nitrogens is 2. The lowest BCUT2D eigenvalue weighted by Crippen LogP contribution is -2.42. The fourth-order valence-corrected chi connectivity index (χ4v) is 4.50. The Balaban J connectivity index is 1.48. The SMILES string of the molecule is CCC(=O)OC(C(=O)N1CCn2c(nc(-c3ccc(F)cc3)c2Nc2ccc(C)cc2)C1)c1ccccc1. The summed E-state index contributed by atoms with van der Waals surface area (Å²) in [7, 11) is 0. The van der Waals surface area contributed by atoms with Gasteiger partial charge in [0.2, 0.25) is 6.10 Å². The van der Waals surface area contributed by atoms with Crippen molar-refractivity contribution in [3.8, 4) is 11.3 Å². The number of ether oxygens (including phenoxy) is 1. The van der Waals surface area contributed by atoms with E-state index < -0.39 is 12.1 Å². The van der Waals surface area contributed by atoms with E-state index in [1.54, 1.807) is 36.1 Å². The number of hydrogen-bond donors (Lipinski definition) is 1. The normalized spacial score (nSPS) is 13.5. The van der Waals surface area contributed by atoms with Gasteiger partial charge in [0.1, 0.15) is 23.2 Å². The standard InChI is InChI=1S/C30H29FN4O3/c1-3-26(36)38-28(22-7-5-4-6-8-22)30(37)34-17-18-35-25(19-34)33-27(21-11-13-23(31)14-12-21)29(35)32-24-15-9-20(2)10-16-24/h4-16,28,32H,3,17-19H2,1-2H3. The van der Waals surface area contributed by atoms with Crippen LogP contribution in [0.25, 0.3) is 11.3 Å². The minimum atomic E-state index is -1.02. The molecular weight excluding hydrogens is 483 g/mol. The van der Waals surface area contributed by atoms with E-state index in [4.69, 9.17) is 9.72 Å². The van der Waals surface area contributed by atoms with Gasteiger partial charge in [0.25, 0.3) is 5.91 Å². The van der Waals surface area contributed by atoms with Gasteiger partial charge in [-0.15, -0.1) is 0 Å². The Bertz CT molecular complexity index is 1430. The fraction of sp³-hybridized carbons (Fsp3) is 0.233. The first-order valence-electron chi connectivity index (χ1n) is 12.6. The van der Waals surface area contributed by atoms with Crippen molar-refractivity contribution in [2.45, 2.75) is 39.5 Å². The second kappa shape index (κ2) is 10.9. The number of halogens is 1. The molecule has 1 aromatic heterocycles. The molecule has 2 heterocycles. The fourth-order valence-electron chi connectivity index (χ4n) is 4.50. The van der Waals surface area contributed by atoms with Gasteiger partial charge >= 0.3 is 5.97 Å². The quantitative estimate of drug-likeness (QED) is 0.318. The lowest BCUT2D eigenvalue weighted by molar-refractivity contribution is -0.161. The van der Waals surface area contributed by atoms with E-state index in [0.29, 0.717) is 30.2 Å². The highest BCUT2D eigenvalue weighted by Gasteiger charge is 2.33. The second-order valence-corrected chi connectivity index (χ2v) is 9.27. The van der Waals surface area contributed by atoms with E-state index in [-0.39, 0.29) is 24.7 Å². The van der Waals surface area contributed by atoms with Gasteiger partial charge < -0.3 is 19.5 Å². The van der Waals surface area contributed by atoms with Crippen LogP contribution in [-0.4, -0.2) is 32.9 Å².